The molecule has 3 rings (SSSR count). The second kappa shape index (κ2) is 6.83. The number of hydrogen-bond donors (Lipinski definition) is 1. The van der Waals surface area contributed by atoms with Crippen molar-refractivity contribution >= 4 is 29.3 Å². The molecule has 1 fully saturated rings. The van der Waals surface area contributed by atoms with E-state index in [1.54, 1.807) is 30.0 Å². The van der Waals surface area contributed by atoms with E-state index in [1.807, 2.05) is 12.1 Å². The molecular formula is C16H16ClN5OS. The largest absolute Gasteiger partial charge is 0.337 e. The molecule has 24 heavy (non-hydrogen) atoms. The number of nitrogens with zero attached hydrogens (tertiary/aromatic N) is 4. The van der Waals surface area contributed by atoms with Crippen LogP contribution < -0.4 is 5.32 Å². The van der Waals surface area contributed by atoms with Gasteiger partial charge in [0.2, 0.25) is 5.91 Å². The van der Waals surface area contributed by atoms with E-state index in [1.165, 1.54) is 11.8 Å². The molecule has 1 amide bonds. The number of amides is 1. The van der Waals surface area contributed by atoms with Crippen molar-refractivity contribution in [2.24, 2.45) is 5.92 Å². The molecule has 0 saturated heterocycles. The lowest BCUT2D eigenvalue weighted by Crippen LogP contribution is -2.47. The molecule has 6 nitrogen and oxygen atoms in total. The molecule has 124 valence electrons. The number of nitriles is 1. The third-order valence-corrected chi connectivity index (χ3v) is 5.14. The number of thioether (sulfide) groups is 1. The molecule has 1 aromatic heterocycles. The number of halogens is 1. The maximum atomic E-state index is 12.2. The molecule has 1 heterocycles. The summed E-state index contributed by atoms with van der Waals surface area (Å²) in [6.07, 6.45) is 3.55. The van der Waals surface area contributed by atoms with Crippen molar-refractivity contribution in [3.05, 3.63) is 35.6 Å². The summed E-state index contributed by atoms with van der Waals surface area (Å²) in [4.78, 5) is 12.2. The zero-order valence-electron chi connectivity index (χ0n) is 13.1. The van der Waals surface area contributed by atoms with Gasteiger partial charge in [0.1, 0.15) is 11.9 Å². The SMILES string of the molecule is CC(C#N)(NC(=O)CSc1nncn1-c1cccc(Cl)c1)C1CC1. The fraction of sp³-hybridized carbons (Fsp3) is 0.375. The lowest BCUT2D eigenvalue weighted by molar-refractivity contribution is -0.119. The van der Waals surface area contributed by atoms with Gasteiger partial charge in [-0.1, -0.05) is 29.4 Å². The minimum absolute atomic E-state index is 0.170. The van der Waals surface area contributed by atoms with Gasteiger partial charge in [-0.25, -0.2) is 0 Å². The van der Waals surface area contributed by atoms with Gasteiger partial charge in [0.05, 0.1) is 17.5 Å². The van der Waals surface area contributed by atoms with Crippen LogP contribution in [0.15, 0.2) is 35.7 Å². The van der Waals surface area contributed by atoms with Gasteiger partial charge in [-0.15, -0.1) is 10.2 Å². The molecule has 0 spiro atoms. The van der Waals surface area contributed by atoms with E-state index in [4.69, 9.17) is 11.6 Å². The van der Waals surface area contributed by atoms with Gasteiger partial charge in [0.25, 0.3) is 0 Å². The minimum Gasteiger partial charge on any atom is -0.337 e. The highest BCUT2D eigenvalue weighted by atomic mass is 35.5. The zero-order chi connectivity index (χ0) is 17.2. The summed E-state index contributed by atoms with van der Waals surface area (Å²) in [7, 11) is 0. The van der Waals surface area contributed by atoms with E-state index in [0.29, 0.717) is 10.2 Å². The fourth-order valence-corrected chi connectivity index (χ4v) is 3.38. The molecule has 0 aliphatic heterocycles. The Labute approximate surface area is 149 Å². The summed E-state index contributed by atoms with van der Waals surface area (Å²) in [5, 5.41) is 21.3. The van der Waals surface area contributed by atoms with Crippen molar-refractivity contribution in [1.29, 1.82) is 5.26 Å². The summed E-state index contributed by atoms with van der Waals surface area (Å²) in [5.41, 5.74) is 0.0494. The molecule has 0 radical (unpaired) electrons. The van der Waals surface area contributed by atoms with Gasteiger partial charge in [0.15, 0.2) is 5.16 Å². The Bertz CT molecular complexity index is 798. The van der Waals surface area contributed by atoms with Crippen LogP contribution in [0.1, 0.15) is 19.8 Å². The number of carbonyl (C=O) groups excluding carboxylic acids is 1. The first-order valence-corrected chi connectivity index (χ1v) is 8.89. The smallest absolute Gasteiger partial charge is 0.231 e. The normalized spacial score (nSPS) is 16.2. The molecule has 1 aliphatic rings. The quantitative estimate of drug-likeness (QED) is 0.800. The predicted molar refractivity (Wildman–Crippen MR) is 92.0 cm³/mol. The van der Waals surface area contributed by atoms with Crippen molar-refractivity contribution in [3.8, 4) is 11.8 Å². The Kier molecular flexibility index (Phi) is 4.78. The molecule has 8 heteroatoms. The van der Waals surface area contributed by atoms with Crippen LogP contribution in [0, 0.1) is 17.2 Å². The van der Waals surface area contributed by atoms with Crippen molar-refractivity contribution in [1.82, 2.24) is 20.1 Å². The lowest BCUT2D eigenvalue weighted by Gasteiger charge is -2.22. The highest BCUT2D eigenvalue weighted by Gasteiger charge is 2.42. The summed E-state index contributed by atoms with van der Waals surface area (Å²) in [5.74, 6) is 0.242. The van der Waals surface area contributed by atoms with Crippen molar-refractivity contribution in [2.75, 3.05) is 5.75 Å². The Morgan fingerprint density at radius 1 is 1.58 bits per heavy atom. The molecular weight excluding hydrogens is 346 g/mol. The molecule has 1 aromatic carbocycles. The van der Waals surface area contributed by atoms with Crippen molar-refractivity contribution in [3.63, 3.8) is 0 Å². The number of nitrogens with one attached hydrogen (secondary N) is 1. The van der Waals surface area contributed by atoms with Crippen LogP contribution in [0.4, 0.5) is 0 Å². The van der Waals surface area contributed by atoms with Crippen LogP contribution in [0.25, 0.3) is 5.69 Å². The monoisotopic (exact) mass is 361 g/mol. The Balaban J connectivity index is 1.65. The van der Waals surface area contributed by atoms with E-state index >= 15 is 0 Å². The maximum Gasteiger partial charge on any atom is 0.231 e. The topological polar surface area (TPSA) is 83.6 Å². The fourth-order valence-electron chi connectivity index (χ4n) is 2.46. The van der Waals surface area contributed by atoms with Crippen LogP contribution in [0.2, 0.25) is 5.02 Å². The highest BCUT2D eigenvalue weighted by Crippen LogP contribution is 2.39. The van der Waals surface area contributed by atoms with E-state index in [9.17, 15) is 10.1 Å². The molecule has 0 bridgehead atoms. The number of carbonyl (C=O) groups is 1. The average Bonchev–Trinajstić information content (AvgIpc) is 3.32. The first-order chi connectivity index (χ1) is 11.5. The van der Waals surface area contributed by atoms with Crippen molar-refractivity contribution < 1.29 is 4.79 Å². The van der Waals surface area contributed by atoms with Gasteiger partial charge in [-0.05, 0) is 43.9 Å². The van der Waals surface area contributed by atoms with Crippen LogP contribution in [0.5, 0.6) is 0 Å². The van der Waals surface area contributed by atoms with E-state index in [-0.39, 0.29) is 17.6 Å². The van der Waals surface area contributed by atoms with E-state index in [0.717, 1.165) is 18.5 Å². The number of aromatic nitrogens is 3. The number of hydrogen-bond acceptors (Lipinski definition) is 5. The summed E-state index contributed by atoms with van der Waals surface area (Å²) >= 11 is 7.28. The van der Waals surface area contributed by atoms with Gasteiger partial charge in [-0.2, -0.15) is 5.26 Å². The van der Waals surface area contributed by atoms with Crippen LogP contribution in [-0.2, 0) is 4.79 Å². The molecule has 1 atom stereocenters. The third-order valence-electron chi connectivity index (χ3n) is 3.96. The number of benzene rings is 1. The molecule has 1 unspecified atom stereocenters. The van der Waals surface area contributed by atoms with Crippen LogP contribution in [-0.4, -0.2) is 32.0 Å². The third kappa shape index (κ3) is 3.71. The van der Waals surface area contributed by atoms with E-state index in [2.05, 4.69) is 21.6 Å². The minimum atomic E-state index is -0.779. The van der Waals surface area contributed by atoms with Crippen molar-refractivity contribution in [2.45, 2.75) is 30.5 Å². The second-order valence-electron chi connectivity index (χ2n) is 5.89. The van der Waals surface area contributed by atoms with Gasteiger partial charge < -0.3 is 5.32 Å². The summed E-state index contributed by atoms with van der Waals surface area (Å²) in [6.45, 7) is 1.78. The number of rotatable bonds is 6. The average molecular weight is 362 g/mol. The molecule has 1 aliphatic carbocycles. The zero-order valence-corrected chi connectivity index (χ0v) is 14.6. The second-order valence-corrected chi connectivity index (χ2v) is 7.27. The van der Waals surface area contributed by atoms with Gasteiger partial charge >= 0.3 is 0 Å². The molecule has 1 N–H and O–H groups in total. The molecule has 2 aromatic rings. The first kappa shape index (κ1) is 16.8. The van der Waals surface area contributed by atoms with Gasteiger partial charge in [0, 0.05) is 5.02 Å². The van der Waals surface area contributed by atoms with Gasteiger partial charge in [-0.3, -0.25) is 9.36 Å². The Morgan fingerprint density at radius 2 is 2.38 bits per heavy atom. The Hall–Kier alpha value is -2.04. The highest BCUT2D eigenvalue weighted by molar-refractivity contribution is 7.99. The van der Waals surface area contributed by atoms with Crippen LogP contribution >= 0.6 is 23.4 Å². The Morgan fingerprint density at radius 3 is 3.04 bits per heavy atom. The predicted octanol–water partition coefficient (Wildman–Crippen LogP) is 2.82. The standard InChI is InChI=1S/C16H16ClN5OS/c1-16(9-18,11-5-6-11)20-14(23)8-24-15-21-19-10-22(15)13-4-2-3-12(17)7-13/h2-4,7,10-11H,5-6,8H2,1H3,(H,20,23). The van der Waals surface area contributed by atoms with E-state index < -0.39 is 5.54 Å². The lowest BCUT2D eigenvalue weighted by atomic mass is 9.98. The first-order valence-electron chi connectivity index (χ1n) is 7.53. The molecule has 1 saturated carbocycles. The summed E-state index contributed by atoms with van der Waals surface area (Å²) in [6, 6.07) is 9.54. The maximum absolute atomic E-state index is 12.2. The van der Waals surface area contributed by atoms with Crippen LogP contribution in [0.3, 0.4) is 0 Å². The summed E-state index contributed by atoms with van der Waals surface area (Å²) < 4.78 is 1.77.